The first kappa shape index (κ1) is 22.4. The average molecular weight is 486 g/mol. The third-order valence-corrected chi connectivity index (χ3v) is 6.59. The molecule has 0 aliphatic rings. The van der Waals surface area contributed by atoms with Crippen LogP contribution in [0.5, 0.6) is 0 Å². The van der Waals surface area contributed by atoms with Crippen LogP contribution >= 0.6 is 0 Å². The van der Waals surface area contributed by atoms with Crippen LogP contribution in [-0.4, -0.2) is 28.8 Å². The van der Waals surface area contributed by atoms with Gasteiger partial charge in [0.2, 0.25) is 0 Å². The van der Waals surface area contributed by atoms with Crippen LogP contribution in [0.1, 0.15) is 20.7 Å². The molecule has 0 aromatic heterocycles. The van der Waals surface area contributed by atoms with Gasteiger partial charge >= 0.3 is 32.7 Å². The molecule has 0 N–H and O–H groups in total. The third kappa shape index (κ3) is 5.00. The summed E-state index contributed by atoms with van der Waals surface area (Å²) in [5.41, 5.74) is -0.268. The molecule has 0 amide bonds. The first-order valence-electron chi connectivity index (χ1n) is 9.29. The highest BCUT2D eigenvalue weighted by Crippen LogP contribution is 2.22. The van der Waals surface area contributed by atoms with Crippen molar-refractivity contribution in [2.45, 2.75) is 0 Å². The molecule has 0 fully saturated rings. The van der Waals surface area contributed by atoms with Crippen molar-refractivity contribution in [3.8, 4) is 0 Å². The van der Waals surface area contributed by atoms with Gasteiger partial charge in [0.05, 0.1) is 11.1 Å². The van der Waals surface area contributed by atoms with Gasteiger partial charge in [-0.05, 0) is 33.7 Å². The summed E-state index contributed by atoms with van der Waals surface area (Å²) in [6.07, 6.45) is 0. The van der Waals surface area contributed by atoms with Gasteiger partial charge in [0.15, 0.2) is 0 Å². The van der Waals surface area contributed by atoms with Crippen molar-refractivity contribution >= 4 is 54.3 Å². The van der Waals surface area contributed by atoms with E-state index in [1.54, 1.807) is 60.7 Å². The molecular formula is C22H14O9S2. The summed E-state index contributed by atoms with van der Waals surface area (Å²) >= 11 is 0. The first-order valence-corrected chi connectivity index (χ1v) is 12.0. The second-order valence-corrected chi connectivity index (χ2v) is 9.19. The summed E-state index contributed by atoms with van der Waals surface area (Å²) in [5, 5.41) is 2.01. The van der Waals surface area contributed by atoms with Gasteiger partial charge in [0.1, 0.15) is 0 Å². The zero-order valence-electron chi connectivity index (χ0n) is 16.6. The minimum atomic E-state index is -5.44. The van der Waals surface area contributed by atoms with E-state index in [4.69, 9.17) is 0 Å². The smallest absolute Gasteiger partial charge is 0.319 e. The fraction of sp³-hybridized carbons (Fsp3) is 0. The SMILES string of the molecule is O=C(OS(=O)(=O)OS(=O)(=O)OC(=O)c1cccc2ccccc12)c1cccc2ccccc12. The van der Waals surface area contributed by atoms with Crippen molar-refractivity contribution in [3.63, 3.8) is 0 Å². The molecule has 168 valence electrons. The number of carbonyl (C=O) groups excluding carboxylic acids is 2. The Kier molecular flexibility index (Phi) is 5.85. The largest absolute Gasteiger partial charge is 0.469 e. The van der Waals surface area contributed by atoms with Gasteiger partial charge in [-0.15, -0.1) is 0 Å². The number of hydrogen-bond donors (Lipinski definition) is 0. The average Bonchev–Trinajstić information content (AvgIpc) is 2.76. The Bertz CT molecular complexity index is 1480. The Morgan fingerprint density at radius 3 is 1.30 bits per heavy atom. The zero-order valence-corrected chi connectivity index (χ0v) is 18.2. The summed E-state index contributed by atoms with van der Waals surface area (Å²) in [5.74, 6) is -2.75. The van der Waals surface area contributed by atoms with Gasteiger partial charge < -0.3 is 8.37 Å². The monoisotopic (exact) mass is 486 g/mol. The van der Waals surface area contributed by atoms with Crippen molar-refractivity contribution < 1.29 is 38.4 Å². The maximum absolute atomic E-state index is 12.4. The quantitative estimate of drug-likeness (QED) is 0.402. The van der Waals surface area contributed by atoms with E-state index in [1.165, 1.54) is 24.3 Å². The maximum Gasteiger partial charge on any atom is 0.469 e. The van der Waals surface area contributed by atoms with E-state index in [0.717, 1.165) is 0 Å². The van der Waals surface area contributed by atoms with Crippen LogP contribution in [0.3, 0.4) is 0 Å². The lowest BCUT2D eigenvalue weighted by molar-refractivity contribution is 0.0719. The number of hydrogen-bond acceptors (Lipinski definition) is 9. The second kappa shape index (κ2) is 8.62. The number of benzene rings is 4. The molecule has 0 aliphatic heterocycles. The van der Waals surface area contributed by atoms with E-state index in [-0.39, 0.29) is 11.1 Å². The molecule has 0 radical (unpaired) electrons. The van der Waals surface area contributed by atoms with Crippen LogP contribution < -0.4 is 0 Å². The fourth-order valence-electron chi connectivity index (χ4n) is 3.21. The van der Waals surface area contributed by atoms with Crippen LogP contribution in [0.2, 0.25) is 0 Å². The van der Waals surface area contributed by atoms with Gasteiger partial charge in [-0.2, -0.15) is 16.8 Å². The molecule has 33 heavy (non-hydrogen) atoms. The van der Waals surface area contributed by atoms with E-state index < -0.39 is 32.7 Å². The van der Waals surface area contributed by atoms with Gasteiger partial charge in [0.25, 0.3) is 0 Å². The Balaban J connectivity index is 1.52. The molecule has 4 aromatic carbocycles. The van der Waals surface area contributed by atoms with E-state index >= 15 is 0 Å². The standard InChI is InChI=1S/C22H14O9S2/c23-21(19-13-5-9-15-7-1-3-11-17(15)19)29-32(25,26)31-33(27,28)30-22(24)20-14-6-10-16-8-2-4-12-18(16)20/h1-14H. The molecule has 11 heteroatoms. The molecule has 0 saturated heterocycles. The number of fused-ring (bicyclic) bond motifs is 2. The van der Waals surface area contributed by atoms with Crippen molar-refractivity contribution in [3.05, 3.63) is 96.1 Å². The predicted octanol–water partition coefficient (Wildman–Crippen LogP) is 3.51. The lowest BCUT2D eigenvalue weighted by Gasteiger charge is -2.09. The fourth-order valence-corrected chi connectivity index (χ4v) is 4.80. The minimum absolute atomic E-state index is 0.134. The molecule has 0 aliphatic carbocycles. The normalized spacial score (nSPS) is 11.9. The van der Waals surface area contributed by atoms with E-state index in [9.17, 15) is 26.4 Å². The highest BCUT2D eigenvalue weighted by Gasteiger charge is 2.32. The van der Waals surface area contributed by atoms with Crippen molar-refractivity contribution in [2.24, 2.45) is 0 Å². The van der Waals surface area contributed by atoms with E-state index in [2.05, 4.69) is 12.0 Å². The molecule has 0 saturated carbocycles. The Hall–Kier alpha value is -3.80. The Morgan fingerprint density at radius 2 is 0.879 bits per heavy atom. The molecule has 0 spiro atoms. The van der Waals surface area contributed by atoms with Crippen LogP contribution in [0.25, 0.3) is 21.5 Å². The second-order valence-electron chi connectivity index (χ2n) is 6.68. The highest BCUT2D eigenvalue weighted by molar-refractivity contribution is 7.95. The maximum atomic E-state index is 12.4. The molecule has 4 aromatic rings. The summed E-state index contributed by atoms with van der Waals surface area (Å²) < 4.78 is 60.7. The van der Waals surface area contributed by atoms with Crippen LogP contribution in [0.4, 0.5) is 0 Å². The predicted molar refractivity (Wildman–Crippen MR) is 118 cm³/mol. The van der Waals surface area contributed by atoms with Gasteiger partial charge in [-0.25, -0.2) is 9.59 Å². The summed E-state index contributed by atoms with van der Waals surface area (Å²) in [6.45, 7) is 0. The lowest BCUT2D eigenvalue weighted by atomic mass is 10.1. The molecular weight excluding hydrogens is 472 g/mol. The highest BCUT2D eigenvalue weighted by atomic mass is 32.3. The zero-order chi connectivity index (χ0) is 23.6. The van der Waals surface area contributed by atoms with Crippen LogP contribution in [-0.2, 0) is 32.8 Å². The van der Waals surface area contributed by atoms with Gasteiger partial charge in [-0.1, -0.05) is 76.4 Å². The first-order chi connectivity index (χ1) is 15.7. The summed E-state index contributed by atoms with van der Waals surface area (Å²) in [7, 11) is -10.9. The van der Waals surface area contributed by atoms with Crippen LogP contribution in [0.15, 0.2) is 84.9 Å². The molecule has 0 heterocycles. The summed E-state index contributed by atoms with van der Waals surface area (Å²) in [4.78, 5) is 24.7. The number of carbonyl (C=O) groups is 2. The van der Waals surface area contributed by atoms with Crippen molar-refractivity contribution in [1.82, 2.24) is 0 Å². The molecule has 9 nitrogen and oxygen atoms in total. The van der Waals surface area contributed by atoms with E-state index in [0.29, 0.717) is 21.5 Å². The lowest BCUT2D eigenvalue weighted by Crippen LogP contribution is -2.23. The Morgan fingerprint density at radius 1 is 0.515 bits per heavy atom. The Labute approximate surface area is 188 Å². The van der Waals surface area contributed by atoms with E-state index in [1.807, 2.05) is 0 Å². The third-order valence-electron chi connectivity index (χ3n) is 4.54. The van der Waals surface area contributed by atoms with Gasteiger partial charge in [0, 0.05) is 0 Å². The van der Waals surface area contributed by atoms with Crippen molar-refractivity contribution in [2.75, 3.05) is 0 Å². The van der Waals surface area contributed by atoms with Crippen LogP contribution in [0, 0.1) is 0 Å². The molecule has 0 unspecified atom stereocenters. The van der Waals surface area contributed by atoms with Crippen molar-refractivity contribution in [1.29, 1.82) is 0 Å². The topological polar surface area (TPSA) is 130 Å². The molecule has 0 atom stereocenters. The molecule has 4 rings (SSSR count). The minimum Gasteiger partial charge on any atom is -0.319 e. The number of rotatable bonds is 6. The molecule has 0 bridgehead atoms. The van der Waals surface area contributed by atoms with Gasteiger partial charge in [-0.3, -0.25) is 0 Å². The summed E-state index contributed by atoms with van der Waals surface area (Å²) in [6, 6.07) is 22.1.